The highest BCUT2D eigenvalue weighted by molar-refractivity contribution is 5.82. The van der Waals surface area contributed by atoms with E-state index >= 15 is 0 Å². The lowest BCUT2D eigenvalue weighted by molar-refractivity contribution is -0.153. The number of carbonyl (C=O) groups is 2. The molecule has 0 saturated heterocycles. The average molecular weight is 324 g/mol. The lowest BCUT2D eigenvalue weighted by Gasteiger charge is -2.21. The number of esters is 2. The zero-order valence-electron chi connectivity index (χ0n) is 13.5. The summed E-state index contributed by atoms with van der Waals surface area (Å²) in [5.41, 5.74) is 3.02. The predicted octanol–water partition coefficient (Wildman–Crippen LogP) is 4.12. The predicted molar refractivity (Wildman–Crippen MR) is 96.9 cm³/mol. The Balaban J connectivity index is 3.36. The Morgan fingerprint density at radius 3 is 2.04 bits per heavy atom. The minimum absolute atomic E-state index is 0.157. The maximum atomic E-state index is 11.6. The van der Waals surface area contributed by atoms with E-state index < -0.39 is 18.0 Å². The second kappa shape index (κ2) is 9.10. The monoisotopic (exact) mass is 324 g/mol. The van der Waals surface area contributed by atoms with Crippen molar-refractivity contribution in [2.24, 2.45) is 0 Å². The van der Waals surface area contributed by atoms with Gasteiger partial charge in [0.2, 0.25) is 0 Å². The number of hydrogen-bond donors (Lipinski definition) is 0. The first-order chi connectivity index (χ1) is 11.5. The zero-order valence-corrected chi connectivity index (χ0v) is 13.5. The summed E-state index contributed by atoms with van der Waals surface area (Å²) in [4.78, 5) is 23.0. The minimum Gasteiger partial charge on any atom is -0.458 e. The standard InChI is InChI=1S/C20H20O4/c1-6-14-11-12-17(16(8-3)15(14)7-2)18(24-20(22)10-5)13-23-19(21)9-4/h6-12,18H,1-5,13H2. The second-order valence-corrected chi connectivity index (χ2v) is 4.65. The van der Waals surface area contributed by atoms with Crippen LogP contribution in [0.3, 0.4) is 0 Å². The Bertz CT molecular complexity index is 698. The highest BCUT2D eigenvalue weighted by atomic mass is 16.6. The maximum Gasteiger partial charge on any atom is 0.330 e. The molecule has 4 nitrogen and oxygen atoms in total. The molecule has 1 rings (SSSR count). The van der Waals surface area contributed by atoms with E-state index in [4.69, 9.17) is 9.47 Å². The van der Waals surface area contributed by atoms with Gasteiger partial charge in [-0.3, -0.25) is 0 Å². The Labute approximate surface area is 142 Å². The quantitative estimate of drug-likeness (QED) is 0.506. The third-order valence-electron chi connectivity index (χ3n) is 3.30. The normalized spacial score (nSPS) is 10.8. The first kappa shape index (κ1) is 18.9. The van der Waals surface area contributed by atoms with E-state index in [9.17, 15) is 9.59 Å². The smallest absolute Gasteiger partial charge is 0.330 e. The van der Waals surface area contributed by atoms with Crippen LogP contribution >= 0.6 is 0 Å². The lowest BCUT2D eigenvalue weighted by atomic mass is 9.93. The molecule has 0 fully saturated rings. The van der Waals surface area contributed by atoms with Crippen LogP contribution in [0.4, 0.5) is 0 Å². The summed E-state index contributed by atoms with van der Waals surface area (Å²) in [7, 11) is 0. The molecule has 0 N–H and O–H groups in total. The SMILES string of the molecule is C=CC(=O)OCC(OC(=O)C=C)c1ccc(C=C)c(C=C)c1C=C. The molecule has 1 aromatic rings. The van der Waals surface area contributed by atoms with Gasteiger partial charge in [-0.15, -0.1) is 0 Å². The average Bonchev–Trinajstić information content (AvgIpc) is 2.62. The van der Waals surface area contributed by atoms with Gasteiger partial charge in [0.15, 0.2) is 6.10 Å². The molecule has 0 aliphatic heterocycles. The molecule has 0 spiro atoms. The van der Waals surface area contributed by atoms with Crippen LogP contribution in [0.5, 0.6) is 0 Å². The second-order valence-electron chi connectivity index (χ2n) is 4.65. The fourth-order valence-electron chi connectivity index (χ4n) is 2.18. The van der Waals surface area contributed by atoms with Crippen LogP contribution < -0.4 is 0 Å². The van der Waals surface area contributed by atoms with Gasteiger partial charge in [0.1, 0.15) is 6.61 Å². The molecule has 0 saturated carbocycles. The third kappa shape index (κ3) is 4.43. The summed E-state index contributed by atoms with van der Waals surface area (Å²) in [6.45, 7) is 17.9. The Hall–Kier alpha value is -3.14. The summed E-state index contributed by atoms with van der Waals surface area (Å²) in [5.74, 6) is -1.24. The number of hydrogen-bond acceptors (Lipinski definition) is 4. The molecule has 0 amide bonds. The number of carbonyl (C=O) groups excluding carboxylic acids is 2. The highest BCUT2D eigenvalue weighted by Gasteiger charge is 2.21. The van der Waals surface area contributed by atoms with Crippen molar-refractivity contribution in [1.82, 2.24) is 0 Å². The Morgan fingerprint density at radius 1 is 0.917 bits per heavy atom. The summed E-state index contributed by atoms with van der Waals surface area (Å²) in [5, 5.41) is 0. The van der Waals surface area contributed by atoms with Crippen molar-refractivity contribution < 1.29 is 19.1 Å². The van der Waals surface area contributed by atoms with E-state index in [0.29, 0.717) is 5.56 Å². The first-order valence-electron chi connectivity index (χ1n) is 7.18. The van der Waals surface area contributed by atoms with Crippen LogP contribution in [0.1, 0.15) is 28.4 Å². The molecule has 24 heavy (non-hydrogen) atoms. The van der Waals surface area contributed by atoms with E-state index in [-0.39, 0.29) is 6.61 Å². The molecule has 0 aliphatic rings. The number of rotatable bonds is 9. The van der Waals surface area contributed by atoms with Crippen LogP contribution in [0.15, 0.2) is 57.2 Å². The first-order valence-corrected chi connectivity index (χ1v) is 7.18. The molecule has 0 aromatic heterocycles. The van der Waals surface area contributed by atoms with Gasteiger partial charge in [-0.2, -0.15) is 0 Å². The largest absolute Gasteiger partial charge is 0.458 e. The molecular weight excluding hydrogens is 304 g/mol. The van der Waals surface area contributed by atoms with Crippen molar-refractivity contribution in [3.8, 4) is 0 Å². The Morgan fingerprint density at radius 2 is 1.54 bits per heavy atom. The zero-order chi connectivity index (χ0) is 18.1. The van der Waals surface area contributed by atoms with Crippen molar-refractivity contribution in [3.05, 3.63) is 79.4 Å². The van der Waals surface area contributed by atoms with E-state index in [2.05, 4.69) is 32.9 Å². The Kier molecular flexibility index (Phi) is 7.17. The lowest BCUT2D eigenvalue weighted by Crippen LogP contribution is -2.18. The summed E-state index contributed by atoms with van der Waals surface area (Å²) in [6.07, 6.45) is 6.25. The van der Waals surface area contributed by atoms with Crippen molar-refractivity contribution in [1.29, 1.82) is 0 Å². The van der Waals surface area contributed by atoms with Crippen molar-refractivity contribution in [3.63, 3.8) is 0 Å². The van der Waals surface area contributed by atoms with Crippen LogP contribution in [-0.2, 0) is 19.1 Å². The van der Waals surface area contributed by atoms with Gasteiger partial charge in [0.05, 0.1) is 0 Å². The van der Waals surface area contributed by atoms with Crippen LogP contribution in [0.2, 0.25) is 0 Å². The van der Waals surface area contributed by atoms with Gasteiger partial charge >= 0.3 is 11.9 Å². The molecule has 4 heteroatoms. The molecule has 0 bridgehead atoms. The van der Waals surface area contributed by atoms with Gasteiger partial charge < -0.3 is 9.47 Å². The minimum atomic E-state index is -0.815. The van der Waals surface area contributed by atoms with Gasteiger partial charge in [0.25, 0.3) is 0 Å². The topological polar surface area (TPSA) is 52.6 Å². The van der Waals surface area contributed by atoms with E-state index in [0.717, 1.165) is 28.8 Å². The molecule has 124 valence electrons. The van der Waals surface area contributed by atoms with Crippen LogP contribution in [-0.4, -0.2) is 18.5 Å². The fraction of sp³-hybridized carbons (Fsp3) is 0.100. The molecule has 0 aliphatic carbocycles. The molecule has 1 atom stereocenters. The van der Waals surface area contributed by atoms with Crippen molar-refractivity contribution >= 4 is 30.2 Å². The van der Waals surface area contributed by atoms with E-state index in [1.807, 2.05) is 6.07 Å². The van der Waals surface area contributed by atoms with Crippen molar-refractivity contribution in [2.45, 2.75) is 6.10 Å². The summed E-state index contributed by atoms with van der Waals surface area (Å²) < 4.78 is 10.4. The third-order valence-corrected chi connectivity index (χ3v) is 3.30. The highest BCUT2D eigenvalue weighted by Crippen LogP contribution is 2.29. The van der Waals surface area contributed by atoms with E-state index in [1.165, 1.54) is 0 Å². The van der Waals surface area contributed by atoms with Gasteiger partial charge in [-0.05, 0) is 16.7 Å². The summed E-state index contributed by atoms with van der Waals surface area (Å²) >= 11 is 0. The summed E-state index contributed by atoms with van der Waals surface area (Å²) in [6, 6.07) is 3.58. The fourth-order valence-corrected chi connectivity index (χ4v) is 2.18. The van der Waals surface area contributed by atoms with Gasteiger partial charge in [-0.25, -0.2) is 9.59 Å². The maximum absolute atomic E-state index is 11.6. The molecule has 1 unspecified atom stereocenters. The van der Waals surface area contributed by atoms with Gasteiger partial charge in [-0.1, -0.05) is 63.3 Å². The van der Waals surface area contributed by atoms with Crippen LogP contribution in [0, 0.1) is 0 Å². The van der Waals surface area contributed by atoms with E-state index in [1.54, 1.807) is 24.3 Å². The van der Waals surface area contributed by atoms with Gasteiger partial charge in [0, 0.05) is 17.7 Å². The number of benzene rings is 1. The van der Waals surface area contributed by atoms with Crippen LogP contribution in [0.25, 0.3) is 18.2 Å². The van der Waals surface area contributed by atoms with Crippen molar-refractivity contribution in [2.75, 3.05) is 6.61 Å². The number of ether oxygens (including phenoxy) is 2. The molecule has 0 heterocycles. The molecule has 1 aromatic carbocycles. The molecule has 0 radical (unpaired) electrons. The molecular formula is C20H20O4.